The molecule has 6 nitrogen and oxygen atoms in total. The van der Waals surface area contributed by atoms with E-state index in [1.807, 2.05) is 6.08 Å². The van der Waals surface area contributed by atoms with Crippen molar-refractivity contribution >= 4 is 11.9 Å². The van der Waals surface area contributed by atoms with Gasteiger partial charge in [-0.2, -0.15) is 0 Å². The van der Waals surface area contributed by atoms with Gasteiger partial charge < -0.3 is 20.3 Å². The predicted octanol–water partition coefficient (Wildman–Crippen LogP) is 21.2. The Hall–Kier alpha value is -1.40. The van der Waals surface area contributed by atoms with E-state index in [2.05, 4.69) is 19.2 Å². The van der Waals surface area contributed by atoms with Crippen LogP contribution in [0.15, 0.2) is 12.2 Å². The number of carbonyl (C=O) groups excluding carboxylic acids is 2. The van der Waals surface area contributed by atoms with E-state index in [1.54, 1.807) is 6.08 Å². The zero-order valence-corrected chi connectivity index (χ0v) is 49.6. The van der Waals surface area contributed by atoms with E-state index >= 15 is 0 Å². The smallest absolute Gasteiger partial charge is 0.305 e. The number of amides is 1. The summed E-state index contributed by atoms with van der Waals surface area (Å²) in [6.07, 6.45) is 77.0. The number of unbranched alkanes of at least 4 members (excludes halogenated alkanes) is 52. The molecule has 1 amide bonds. The predicted molar refractivity (Wildman–Crippen MR) is 320 cm³/mol. The van der Waals surface area contributed by atoms with Crippen LogP contribution in [0.4, 0.5) is 0 Å². The SMILES string of the molecule is CCCCCCCCCCCCCCCCC/C=C/C(O)C(CO)NC(=O)CCCCCCCCCCCCCCCCCCCCCCCCCCCOC(=O)CCCCCCCCCCCCCCCC. The number of ether oxygens (including phenoxy) is 1. The van der Waals surface area contributed by atoms with E-state index < -0.39 is 12.1 Å². The zero-order valence-electron chi connectivity index (χ0n) is 49.6. The lowest BCUT2D eigenvalue weighted by Crippen LogP contribution is -2.45. The van der Waals surface area contributed by atoms with E-state index in [0.717, 1.165) is 38.5 Å². The third-order valence-electron chi connectivity index (χ3n) is 15.8. The molecule has 2 atom stereocenters. The van der Waals surface area contributed by atoms with E-state index in [-0.39, 0.29) is 18.5 Å². The van der Waals surface area contributed by atoms with Gasteiger partial charge in [-0.25, -0.2) is 0 Å². The summed E-state index contributed by atoms with van der Waals surface area (Å²) in [5.74, 6) is -0.0438. The van der Waals surface area contributed by atoms with Crippen LogP contribution in [-0.2, 0) is 14.3 Å². The van der Waals surface area contributed by atoms with E-state index in [9.17, 15) is 19.8 Å². The number of carbonyl (C=O) groups is 2. The lowest BCUT2D eigenvalue weighted by atomic mass is 10.0. The molecule has 0 spiro atoms. The molecule has 3 N–H and O–H groups in total. The van der Waals surface area contributed by atoms with Gasteiger partial charge >= 0.3 is 5.97 Å². The summed E-state index contributed by atoms with van der Waals surface area (Å²) >= 11 is 0. The largest absolute Gasteiger partial charge is 0.466 e. The summed E-state index contributed by atoms with van der Waals surface area (Å²) in [6.45, 7) is 4.94. The number of nitrogens with one attached hydrogen (secondary N) is 1. The summed E-state index contributed by atoms with van der Waals surface area (Å²) in [5.41, 5.74) is 0. The van der Waals surface area contributed by atoms with Crippen LogP contribution in [0.25, 0.3) is 0 Å². The van der Waals surface area contributed by atoms with Gasteiger partial charge in [0.15, 0.2) is 0 Å². The van der Waals surface area contributed by atoms with Gasteiger partial charge in [0, 0.05) is 12.8 Å². The fourth-order valence-corrected chi connectivity index (χ4v) is 10.7. The first-order valence-electron chi connectivity index (χ1n) is 33.5. The van der Waals surface area contributed by atoms with E-state index in [4.69, 9.17) is 4.74 Å². The number of aliphatic hydroxyl groups excluding tert-OH is 2. The minimum atomic E-state index is -0.843. The van der Waals surface area contributed by atoms with Crippen molar-refractivity contribution in [2.24, 2.45) is 0 Å². The van der Waals surface area contributed by atoms with Crippen molar-refractivity contribution in [2.75, 3.05) is 13.2 Å². The molecule has 0 saturated carbocycles. The summed E-state index contributed by atoms with van der Waals surface area (Å²) in [7, 11) is 0. The molecule has 0 aromatic heterocycles. The molecule has 0 heterocycles. The lowest BCUT2D eigenvalue weighted by molar-refractivity contribution is -0.143. The number of aliphatic hydroxyl groups is 2. The minimum Gasteiger partial charge on any atom is -0.466 e. The standard InChI is InChI=1S/C67H131NO5/c1-3-5-7-9-11-13-15-17-19-29-32-35-39-43-47-51-55-59-65(70)64(63-69)68-66(71)60-56-52-48-44-40-36-33-30-27-25-23-21-20-22-24-26-28-31-34-38-42-46-50-54-58-62-73-67(72)61-57-53-49-45-41-37-18-16-14-12-10-8-6-4-2/h55,59,64-65,69-70H,3-54,56-58,60-63H2,1-2H3,(H,68,71)/b59-55+. The summed E-state index contributed by atoms with van der Waals surface area (Å²) in [4.78, 5) is 24.5. The van der Waals surface area contributed by atoms with Gasteiger partial charge in [0.2, 0.25) is 5.91 Å². The van der Waals surface area contributed by atoms with E-state index in [0.29, 0.717) is 19.4 Å². The molecule has 0 rings (SSSR count). The van der Waals surface area contributed by atoms with Gasteiger partial charge in [-0.1, -0.05) is 347 Å². The molecule has 0 aromatic carbocycles. The maximum absolute atomic E-state index is 12.5. The molecule has 0 aliphatic heterocycles. The maximum Gasteiger partial charge on any atom is 0.305 e. The lowest BCUT2D eigenvalue weighted by Gasteiger charge is -2.20. The molecule has 73 heavy (non-hydrogen) atoms. The second-order valence-electron chi connectivity index (χ2n) is 23.2. The highest BCUT2D eigenvalue weighted by atomic mass is 16.5. The van der Waals surface area contributed by atoms with Crippen LogP contribution in [0, 0.1) is 0 Å². The van der Waals surface area contributed by atoms with Crippen molar-refractivity contribution in [3.05, 3.63) is 12.2 Å². The Morgan fingerprint density at radius 1 is 0.370 bits per heavy atom. The molecule has 0 aliphatic rings. The number of hydrogen-bond donors (Lipinski definition) is 3. The number of esters is 1. The molecule has 0 saturated heterocycles. The Morgan fingerprint density at radius 2 is 0.630 bits per heavy atom. The number of hydrogen-bond acceptors (Lipinski definition) is 5. The van der Waals surface area contributed by atoms with Crippen LogP contribution in [0.1, 0.15) is 380 Å². The fraction of sp³-hybridized carbons (Fsp3) is 0.940. The fourth-order valence-electron chi connectivity index (χ4n) is 10.7. The zero-order chi connectivity index (χ0) is 52.9. The van der Waals surface area contributed by atoms with Crippen molar-refractivity contribution < 1.29 is 24.5 Å². The van der Waals surface area contributed by atoms with Crippen molar-refractivity contribution in [2.45, 2.75) is 392 Å². The van der Waals surface area contributed by atoms with Crippen LogP contribution < -0.4 is 5.32 Å². The highest BCUT2D eigenvalue weighted by Crippen LogP contribution is 2.19. The first-order valence-corrected chi connectivity index (χ1v) is 33.5. The Bertz CT molecular complexity index is 1100. The van der Waals surface area contributed by atoms with Gasteiger partial charge in [0.05, 0.1) is 25.4 Å². The maximum atomic E-state index is 12.5. The molecular weight excluding hydrogens is 899 g/mol. The second-order valence-corrected chi connectivity index (χ2v) is 23.2. The van der Waals surface area contributed by atoms with Crippen molar-refractivity contribution in [1.29, 1.82) is 0 Å². The quantitative estimate of drug-likeness (QED) is 0.0320. The molecule has 0 radical (unpaired) electrons. The summed E-state index contributed by atoms with van der Waals surface area (Å²) < 4.78 is 5.49. The van der Waals surface area contributed by atoms with Gasteiger partial charge in [0.25, 0.3) is 0 Å². The Kier molecular flexibility index (Phi) is 61.9. The molecule has 0 fully saturated rings. The van der Waals surface area contributed by atoms with Gasteiger partial charge in [0.1, 0.15) is 0 Å². The topological polar surface area (TPSA) is 95.9 Å². The van der Waals surface area contributed by atoms with Crippen molar-refractivity contribution in [3.8, 4) is 0 Å². The Labute approximate surface area is 457 Å². The molecule has 0 bridgehead atoms. The van der Waals surface area contributed by atoms with Crippen molar-refractivity contribution in [1.82, 2.24) is 5.32 Å². The summed E-state index contributed by atoms with van der Waals surface area (Å²) in [6, 6.07) is -0.626. The average Bonchev–Trinajstić information content (AvgIpc) is 3.39. The normalized spacial score (nSPS) is 12.5. The second kappa shape index (κ2) is 63.1. The van der Waals surface area contributed by atoms with Gasteiger partial charge in [-0.05, 0) is 32.1 Å². The third kappa shape index (κ3) is 59.7. The number of rotatable bonds is 63. The van der Waals surface area contributed by atoms with Crippen LogP contribution in [0.5, 0.6) is 0 Å². The first kappa shape index (κ1) is 71.6. The molecule has 0 aromatic rings. The third-order valence-corrected chi connectivity index (χ3v) is 15.8. The molecular formula is C67H131NO5. The molecule has 2 unspecified atom stereocenters. The monoisotopic (exact) mass is 1030 g/mol. The van der Waals surface area contributed by atoms with E-state index in [1.165, 1.54) is 315 Å². The number of allylic oxidation sites excluding steroid dienone is 1. The molecule has 434 valence electrons. The average molecular weight is 1030 g/mol. The molecule has 0 aliphatic carbocycles. The summed E-state index contributed by atoms with van der Waals surface area (Å²) in [5, 5.41) is 23.2. The van der Waals surface area contributed by atoms with Crippen molar-refractivity contribution in [3.63, 3.8) is 0 Å². The Balaban J connectivity index is 3.37. The first-order chi connectivity index (χ1) is 36.0. The highest BCUT2D eigenvalue weighted by Gasteiger charge is 2.18. The van der Waals surface area contributed by atoms with Crippen LogP contribution in [0.3, 0.4) is 0 Å². The van der Waals surface area contributed by atoms with Gasteiger partial charge in [-0.15, -0.1) is 0 Å². The van der Waals surface area contributed by atoms with Crippen LogP contribution in [0.2, 0.25) is 0 Å². The molecule has 6 heteroatoms. The Morgan fingerprint density at radius 3 is 0.932 bits per heavy atom. The van der Waals surface area contributed by atoms with Gasteiger partial charge in [-0.3, -0.25) is 9.59 Å². The van der Waals surface area contributed by atoms with Crippen LogP contribution in [-0.4, -0.2) is 47.4 Å². The van der Waals surface area contributed by atoms with Crippen LogP contribution >= 0.6 is 0 Å². The highest BCUT2D eigenvalue weighted by molar-refractivity contribution is 5.76. The minimum absolute atomic E-state index is 0.0191.